The molecule has 92 valence electrons. The van der Waals surface area contributed by atoms with Crippen molar-refractivity contribution in [2.45, 2.75) is 0 Å². The molecule has 3 aromatic rings. The fourth-order valence-electron chi connectivity index (χ4n) is 1.53. The van der Waals surface area contributed by atoms with E-state index >= 15 is 0 Å². The number of nitrogens with one attached hydrogen (secondary N) is 1. The van der Waals surface area contributed by atoms with Gasteiger partial charge in [0.1, 0.15) is 4.83 Å². The molecule has 18 heavy (non-hydrogen) atoms. The Bertz CT molecular complexity index is 691. The lowest BCUT2D eigenvalue weighted by molar-refractivity contribution is 0.468. The Morgan fingerprint density at radius 2 is 2.33 bits per heavy atom. The molecule has 0 saturated heterocycles. The van der Waals surface area contributed by atoms with E-state index in [-0.39, 0.29) is 0 Å². The molecular weight excluding hydrogens is 252 g/mol. The van der Waals surface area contributed by atoms with E-state index in [2.05, 4.69) is 20.5 Å². The van der Waals surface area contributed by atoms with E-state index in [9.17, 15) is 0 Å². The maximum atomic E-state index is 5.69. The summed E-state index contributed by atoms with van der Waals surface area (Å²) in [5, 5.41) is 6.81. The molecule has 0 fully saturated rings. The molecule has 3 rings (SSSR count). The van der Waals surface area contributed by atoms with Crippen molar-refractivity contribution in [2.75, 3.05) is 5.43 Å². The maximum Gasteiger partial charge on any atom is 0.241 e. The number of nitrogen functional groups attached to an aromatic ring is 1. The lowest BCUT2D eigenvalue weighted by Gasteiger charge is -2.05. The van der Waals surface area contributed by atoms with E-state index < -0.39 is 0 Å². The first-order valence-corrected chi connectivity index (χ1v) is 6.02. The highest BCUT2D eigenvalue weighted by Gasteiger charge is 2.11. The zero-order chi connectivity index (χ0) is 12.5. The lowest BCUT2D eigenvalue weighted by atomic mass is 10.4. The third-order valence-electron chi connectivity index (χ3n) is 2.31. The average Bonchev–Trinajstić information content (AvgIpc) is 2.98. The van der Waals surface area contributed by atoms with Gasteiger partial charge in [0.25, 0.3) is 0 Å². The monoisotopic (exact) mass is 262 g/mol. The third-order valence-corrected chi connectivity index (χ3v) is 3.12. The highest BCUT2D eigenvalue weighted by Crippen LogP contribution is 2.30. The van der Waals surface area contributed by atoms with Gasteiger partial charge in [-0.3, -0.25) is 10.1 Å². The molecule has 0 aliphatic rings. The van der Waals surface area contributed by atoms with E-state index in [0.29, 0.717) is 17.6 Å². The van der Waals surface area contributed by atoms with Gasteiger partial charge in [0, 0.05) is 7.05 Å². The van der Waals surface area contributed by atoms with E-state index in [1.54, 1.807) is 17.1 Å². The normalized spacial score (nSPS) is 10.8. The number of ether oxygens (including phenoxy) is 1. The highest BCUT2D eigenvalue weighted by atomic mass is 32.1. The Morgan fingerprint density at radius 1 is 1.44 bits per heavy atom. The molecule has 3 heterocycles. The first-order chi connectivity index (χ1) is 8.76. The SMILES string of the molecule is Cn1cc(Oc2nc(NN)nc3sccc23)cn1. The number of aryl methyl sites for hydroxylation is 1. The smallest absolute Gasteiger partial charge is 0.241 e. The van der Waals surface area contributed by atoms with Gasteiger partial charge >= 0.3 is 0 Å². The second kappa shape index (κ2) is 4.24. The molecular formula is C10H10N6OS. The second-order valence-corrected chi connectivity index (χ2v) is 4.48. The topological polar surface area (TPSA) is 90.9 Å². The van der Waals surface area contributed by atoms with Crippen LogP contribution in [0.3, 0.4) is 0 Å². The number of anilines is 1. The molecule has 0 spiro atoms. The fraction of sp³-hybridized carbons (Fsp3) is 0.100. The zero-order valence-corrected chi connectivity index (χ0v) is 10.3. The molecule has 3 aromatic heterocycles. The maximum absolute atomic E-state index is 5.69. The Labute approximate surface area is 106 Å². The number of nitrogens with two attached hydrogens (primary N) is 1. The summed E-state index contributed by atoms with van der Waals surface area (Å²) < 4.78 is 7.35. The van der Waals surface area contributed by atoms with Gasteiger partial charge in [0.05, 0.1) is 17.8 Å². The lowest BCUT2D eigenvalue weighted by Crippen LogP contribution is -2.10. The van der Waals surface area contributed by atoms with Crippen LogP contribution in [0, 0.1) is 0 Å². The van der Waals surface area contributed by atoms with Crippen LogP contribution < -0.4 is 16.0 Å². The van der Waals surface area contributed by atoms with E-state index in [4.69, 9.17) is 10.6 Å². The van der Waals surface area contributed by atoms with Crippen LogP contribution in [-0.4, -0.2) is 19.7 Å². The summed E-state index contributed by atoms with van der Waals surface area (Å²) in [5.74, 6) is 6.73. The Kier molecular flexibility index (Phi) is 2.58. The van der Waals surface area contributed by atoms with Crippen LogP contribution in [0.2, 0.25) is 0 Å². The summed E-state index contributed by atoms with van der Waals surface area (Å²) in [6, 6.07) is 1.91. The van der Waals surface area contributed by atoms with Crippen molar-refractivity contribution in [3.63, 3.8) is 0 Å². The van der Waals surface area contributed by atoms with Crippen LogP contribution in [0.15, 0.2) is 23.8 Å². The van der Waals surface area contributed by atoms with Gasteiger partial charge in [-0.1, -0.05) is 0 Å². The van der Waals surface area contributed by atoms with Gasteiger partial charge in [0.15, 0.2) is 5.75 Å². The number of hydrazine groups is 1. The Hall–Kier alpha value is -2.19. The van der Waals surface area contributed by atoms with Crippen molar-refractivity contribution in [3.05, 3.63) is 23.8 Å². The fourth-order valence-corrected chi connectivity index (χ4v) is 2.29. The molecule has 0 bridgehead atoms. The molecule has 0 atom stereocenters. The molecule has 0 amide bonds. The summed E-state index contributed by atoms with van der Waals surface area (Å²) in [6.45, 7) is 0. The number of fused-ring (bicyclic) bond motifs is 1. The van der Waals surface area contributed by atoms with Crippen LogP contribution in [0.4, 0.5) is 5.95 Å². The van der Waals surface area contributed by atoms with Crippen molar-refractivity contribution in [2.24, 2.45) is 12.9 Å². The van der Waals surface area contributed by atoms with Gasteiger partial charge in [-0.2, -0.15) is 10.1 Å². The predicted molar refractivity (Wildman–Crippen MR) is 68.5 cm³/mol. The van der Waals surface area contributed by atoms with E-state index in [1.807, 2.05) is 18.5 Å². The van der Waals surface area contributed by atoms with Crippen LogP contribution in [0.25, 0.3) is 10.2 Å². The molecule has 0 aliphatic carbocycles. The minimum absolute atomic E-state index is 0.323. The minimum Gasteiger partial charge on any atom is -0.435 e. The molecule has 0 aromatic carbocycles. The van der Waals surface area contributed by atoms with Crippen LogP contribution in [-0.2, 0) is 7.05 Å². The predicted octanol–water partition coefficient (Wildman–Crippen LogP) is 1.50. The van der Waals surface area contributed by atoms with Crippen molar-refractivity contribution >= 4 is 27.5 Å². The van der Waals surface area contributed by atoms with Crippen LogP contribution in [0.5, 0.6) is 11.6 Å². The molecule has 0 radical (unpaired) electrons. The summed E-state index contributed by atoms with van der Waals surface area (Å²) >= 11 is 1.50. The molecule has 0 aliphatic heterocycles. The van der Waals surface area contributed by atoms with E-state index in [1.165, 1.54) is 11.3 Å². The molecule has 0 unspecified atom stereocenters. The Morgan fingerprint density at radius 3 is 3.06 bits per heavy atom. The van der Waals surface area contributed by atoms with Gasteiger partial charge in [-0.05, 0) is 11.4 Å². The van der Waals surface area contributed by atoms with Crippen molar-refractivity contribution in [3.8, 4) is 11.6 Å². The summed E-state index contributed by atoms with van der Waals surface area (Å²) in [4.78, 5) is 9.24. The first kappa shape index (κ1) is 10.9. The number of rotatable bonds is 3. The third kappa shape index (κ3) is 1.87. The molecule has 0 saturated carbocycles. The zero-order valence-electron chi connectivity index (χ0n) is 9.49. The molecule has 8 heteroatoms. The standard InChI is InChI=1S/C10H10N6OS/c1-16-5-6(4-12-16)17-8-7-2-3-18-9(7)14-10(13-8)15-11/h2-5H,11H2,1H3,(H,13,14,15). The summed E-state index contributed by atoms with van der Waals surface area (Å²) in [6.07, 6.45) is 3.38. The first-order valence-electron chi connectivity index (χ1n) is 5.14. The molecule has 3 N–H and O–H groups in total. The van der Waals surface area contributed by atoms with Gasteiger partial charge in [0.2, 0.25) is 11.8 Å². The average molecular weight is 262 g/mol. The summed E-state index contributed by atoms with van der Waals surface area (Å²) in [5.41, 5.74) is 2.42. The van der Waals surface area contributed by atoms with Gasteiger partial charge in [-0.25, -0.2) is 10.8 Å². The van der Waals surface area contributed by atoms with Crippen molar-refractivity contribution in [1.82, 2.24) is 19.7 Å². The van der Waals surface area contributed by atoms with Crippen LogP contribution in [0.1, 0.15) is 0 Å². The van der Waals surface area contributed by atoms with Crippen molar-refractivity contribution < 1.29 is 4.74 Å². The summed E-state index contributed by atoms with van der Waals surface area (Å²) in [7, 11) is 1.82. The number of hydrogen-bond acceptors (Lipinski definition) is 7. The highest BCUT2D eigenvalue weighted by molar-refractivity contribution is 7.16. The number of hydrogen-bond donors (Lipinski definition) is 2. The number of nitrogens with zero attached hydrogens (tertiary/aromatic N) is 4. The van der Waals surface area contributed by atoms with E-state index in [0.717, 1.165) is 10.2 Å². The Balaban J connectivity index is 2.06. The quantitative estimate of drug-likeness (QED) is 0.549. The van der Waals surface area contributed by atoms with Gasteiger partial charge in [-0.15, -0.1) is 11.3 Å². The van der Waals surface area contributed by atoms with Crippen LogP contribution >= 0.6 is 11.3 Å². The van der Waals surface area contributed by atoms with Gasteiger partial charge < -0.3 is 4.74 Å². The number of thiophene rings is 1. The largest absolute Gasteiger partial charge is 0.435 e. The number of aromatic nitrogens is 4. The second-order valence-electron chi connectivity index (χ2n) is 3.59. The minimum atomic E-state index is 0.323. The molecule has 7 nitrogen and oxygen atoms in total. The van der Waals surface area contributed by atoms with Crippen molar-refractivity contribution in [1.29, 1.82) is 0 Å².